The molecule has 8 atom stereocenters. The van der Waals surface area contributed by atoms with Crippen molar-refractivity contribution in [3.05, 3.63) is 42.5 Å². The quantitative estimate of drug-likeness (QED) is 0.0551. The van der Waals surface area contributed by atoms with Gasteiger partial charge >= 0.3 is 0 Å². The van der Waals surface area contributed by atoms with E-state index in [1.165, 1.54) is 0 Å². The maximum Gasteiger partial charge on any atom is 0.193 e. The smallest absolute Gasteiger partial charge is 0.193 e. The van der Waals surface area contributed by atoms with Crippen LogP contribution in [0, 0.1) is 11.8 Å². The molecule has 1 aromatic carbocycles. The predicted octanol–water partition coefficient (Wildman–Crippen LogP) is 14.6. The molecule has 0 aromatic heterocycles. The van der Waals surface area contributed by atoms with Gasteiger partial charge in [0.2, 0.25) is 0 Å². The number of ether oxygens (including phenoxy) is 2. The van der Waals surface area contributed by atoms with Crippen LogP contribution in [-0.2, 0) is 37.0 Å². The van der Waals surface area contributed by atoms with Crippen LogP contribution in [-0.4, -0.2) is 102 Å². The summed E-state index contributed by atoms with van der Waals surface area (Å²) in [4.78, 5) is 0.183. The second-order valence-corrected chi connectivity index (χ2v) is 47.0. The zero-order valence-electron chi connectivity index (χ0n) is 47.4. The van der Waals surface area contributed by atoms with Crippen LogP contribution in [0.3, 0.4) is 0 Å². The Morgan fingerprint density at radius 1 is 0.606 bits per heavy atom. The zero-order chi connectivity index (χ0) is 52.1. The minimum atomic E-state index is -4.10. The highest BCUT2D eigenvalue weighted by molar-refractivity contribution is 7.92. The number of hydrogen-bond donors (Lipinski definition) is 1. The highest BCUT2D eigenvalue weighted by Gasteiger charge is 2.53. The van der Waals surface area contributed by atoms with E-state index in [0.29, 0.717) is 19.6 Å². The second kappa shape index (κ2) is 23.4. The van der Waals surface area contributed by atoms with E-state index in [0.717, 1.165) is 5.57 Å². The topological polar surface area (TPSA) is 110 Å². The van der Waals surface area contributed by atoms with E-state index < -0.39 is 78.4 Å². The molecule has 0 saturated carbocycles. The molecule has 14 heteroatoms. The van der Waals surface area contributed by atoms with Gasteiger partial charge in [-0.05, 0) is 143 Å². The largest absolute Gasteiger partial charge is 0.411 e. The van der Waals surface area contributed by atoms with E-state index >= 15 is 8.42 Å². The van der Waals surface area contributed by atoms with Gasteiger partial charge in [-0.2, -0.15) is 0 Å². The first-order chi connectivity index (χ1) is 29.4. The number of hydrogen-bond acceptors (Lipinski definition) is 9. The molecule has 0 heterocycles. The third kappa shape index (κ3) is 16.8. The summed E-state index contributed by atoms with van der Waals surface area (Å²) in [5, 5.41) is 11.1. The fourth-order valence-electron chi connectivity index (χ4n) is 7.56. The van der Waals surface area contributed by atoms with Gasteiger partial charge in [0.05, 0.1) is 34.6 Å². The van der Waals surface area contributed by atoms with Gasteiger partial charge in [0.1, 0.15) is 6.10 Å². The SMILES string of the molecule is C=C(C)C(O[Si](C)(C)C(C)(C)C)[C@H](C[C@H](C)CC(O)C([C@H](C)C[C@H](O[Si](C)(C)C(C)(C)C)[C@H](O[Si](C)(C)C(C)(C)C)C(C)(OCC)OCC)S(=O)(=O)c1ccccc1)O[Si](C)(C)C(C)(C)C. The normalized spacial score (nSPS) is 18.3. The second-order valence-electron chi connectivity index (χ2n) is 25.8. The van der Waals surface area contributed by atoms with E-state index in [1.807, 2.05) is 40.7 Å². The fourth-order valence-corrected chi connectivity index (χ4v) is 15.0. The molecular formula is C52H104O9SSi4. The van der Waals surface area contributed by atoms with Crippen molar-refractivity contribution in [1.82, 2.24) is 0 Å². The van der Waals surface area contributed by atoms with Gasteiger partial charge in [-0.25, -0.2) is 8.42 Å². The Morgan fingerprint density at radius 3 is 1.36 bits per heavy atom. The maximum atomic E-state index is 15.2. The van der Waals surface area contributed by atoms with E-state index in [4.69, 9.17) is 27.2 Å². The predicted molar refractivity (Wildman–Crippen MR) is 290 cm³/mol. The highest BCUT2D eigenvalue weighted by atomic mass is 32.2. The van der Waals surface area contributed by atoms with Gasteiger partial charge in [0.25, 0.3) is 0 Å². The number of aliphatic hydroxyl groups excluding tert-OH is 1. The lowest BCUT2D eigenvalue weighted by molar-refractivity contribution is -0.280. The molecule has 1 rings (SSSR count). The van der Waals surface area contributed by atoms with Crippen LogP contribution in [0.25, 0.3) is 0 Å². The van der Waals surface area contributed by atoms with Crippen molar-refractivity contribution < 1.29 is 40.7 Å². The minimum Gasteiger partial charge on any atom is -0.411 e. The third-order valence-electron chi connectivity index (χ3n) is 15.8. The van der Waals surface area contributed by atoms with E-state index in [-0.39, 0.29) is 56.0 Å². The first-order valence-corrected chi connectivity index (χ1v) is 38.1. The Kier molecular flexibility index (Phi) is 22.5. The fraction of sp³-hybridized carbons (Fsp3) is 0.846. The third-order valence-corrected chi connectivity index (χ3v) is 36.1. The highest BCUT2D eigenvalue weighted by Crippen LogP contribution is 2.46. The van der Waals surface area contributed by atoms with Gasteiger partial charge in [-0.3, -0.25) is 0 Å². The molecular weight excluding hydrogens is 913 g/mol. The Morgan fingerprint density at radius 2 is 0.985 bits per heavy atom. The van der Waals surface area contributed by atoms with Crippen molar-refractivity contribution in [1.29, 1.82) is 0 Å². The van der Waals surface area contributed by atoms with Gasteiger partial charge < -0.3 is 32.3 Å². The Balaban J connectivity index is 4.16. The summed E-state index contributed by atoms with van der Waals surface area (Å²) in [7, 11) is -13.8. The molecule has 0 aliphatic rings. The van der Waals surface area contributed by atoms with E-state index in [9.17, 15) is 5.11 Å². The molecule has 3 unspecified atom stereocenters. The molecule has 1 N–H and O–H groups in total. The number of aliphatic hydroxyl groups is 1. The zero-order valence-corrected chi connectivity index (χ0v) is 52.2. The van der Waals surface area contributed by atoms with Gasteiger partial charge in [0, 0.05) is 13.2 Å². The monoisotopic (exact) mass is 1020 g/mol. The first kappa shape index (κ1) is 63.5. The van der Waals surface area contributed by atoms with E-state index in [1.54, 1.807) is 24.3 Å². The molecule has 9 nitrogen and oxygen atoms in total. The van der Waals surface area contributed by atoms with Gasteiger partial charge in [0.15, 0.2) is 48.9 Å². The summed E-state index contributed by atoms with van der Waals surface area (Å²) in [6.07, 6.45) is -2.21. The summed E-state index contributed by atoms with van der Waals surface area (Å²) >= 11 is 0. The van der Waals surface area contributed by atoms with Crippen molar-refractivity contribution in [2.24, 2.45) is 11.8 Å². The molecule has 0 radical (unpaired) electrons. The van der Waals surface area contributed by atoms with Crippen molar-refractivity contribution in [3.8, 4) is 0 Å². The van der Waals surface area contributed by atoms with Crippen LogP contribution >= 0.6 is 0 Å². The summed E-state index contributed by atoms with van der Waals surface area (Å²) in [6, 6.07) is 8.58. The van der Waals surface area contributed by atoms with Crippen molar-refractivity contribution in [3.63, 3.8) is 0 Å². The van der Waals surface area contributed by atoms with Crippen molar-refractivity contribution >= 4 is 43.1 Å². The molecule has 388 valence electrons. The van der Waals surface area contributed by atoms with Crippen molar-refractivity contribution in [2.75, 3.05) is 13.2 Å². The molecule has 0 aliphatic heterocycles. The summed E-state index contributed by atoms with van der Waals surface area (Å²) in [5.74, 6) is -1.94. The Hall–Kier alpha value is -0.502. The van der Waals surface area contributed by atoms with Crippen LogP contribution in [0.1, 0.15) is 144 Å². The Labute approximate surface area is 412 Å². The van der Waals surface area contributed by atoms with Crippen LogP contribution in [0.15, 0.2) is 47.4 Å². The molecule has 0 bridgehead atoms. The molecule has 0 aliphatic carbocycles. The number of sulfone groups is 1. The molecule has 0 fully saturated rings. The molecule has 0 spiro atoms. The van der Waals surface area contributed by atoms with E-state index in [2.05, 4.69) is 149 Å². The molecule has 1 aromatic rings. The van der Waals surface area contributed by atoms with Gasteiger partial charge in [-0.1, -0.05) is 127 Å². The lowest BCUT2D eigenvalue weighted by Gasteiger charge is -2.50. The number of rotatable bonds is 26. The summed E-state index contributed by atoms with van der Waals surface area (Å²) < 4.78 is 72.9. The van der Waals surface area contributed by atoms with Crippen LogP contribution in [0.5, 0.6) is 0 Å². The maximum absolute atomic E-state index is 15.2. The standard InChI is InChI=1S/C52H104O9SSi4/c1-28-56-52(19,57-29-2)47(61-66(26,27)51(16,17)18)44(59-64(22,23)49(10,11)12)37-40(6)46(62(54,55)41-33-31-30-32-34-41)42(53)35-39(5)36-43(58-63(20,21)48(7,8)9)45(38(3)4)60-65(24,25)50(13,14)15/h30-34,39-40,42-47,53H,3,28-29,35-37H2,1-2,4-27H3/t39-,40-,42?,43+,44+,45?,46?,47+/m1/s1. The lowest BCUT2D eigenvalue weighted by atomic mass is 9.87. The summed E-state index contributed by atoms with van der Waals surface area (Å²) in [5.41, 5.74) is 0.905. The van der Waals surface area contributed by atoms with Crippen LogP contribution < -0.4 is 0 Å². The number of benzene rings is 1. The van der Waals surface area contributed by atoms with Crippen LogP contribution in [0.4, 0.5) is 0 Å². The molecule has 66 heavy (non-hydrogen) atoms. The van der Waals surface area contributed by atoms with Crippen molar-refractivity contribution in [2.45, 2.75) is 263 Å². The average molecular weight is 1020 g/mol. The lowest BCUT2D eigenvalue weighted by Crippen LogP contribution is -2.61. The summed E-state index contributed by atoms with van der Waals surface area (Å²) in [6.45, 7) is 61.7. The minimum absolute atomic E-state index is 0.0388. The van der Waals surface area contributed by atoms with Crippen LogP contribution in [0.2, 0.25) is 72.5 Å². The molecule has 0 amide bonds. The molecule has 0 saturated heterocycles. The Bertz CT molecular complexity index is 1750. The van der Waals surface area contributed by atoms with Gasteiger partial charge in [-0.15, -0.1) is 0 Å². The average Bonchev–Trinajstić information content (AvgIpc) is 3.10. The first-order valence-electron chi connectivity index (χ1n) is 25.0.